The summed E-state index contributed by atoms with van der Waals surface area (Å²) in [5.41, 5.74) is 0.253. The molecule has 1 saturated heterocycles. The van der Waals surface area contributed by atoms with Crippen LogP contribution in [0.3, 0.4) is 0 Å². The number of fused-ring (bicyclic) bond motifs is 3. The van der Waals surface area contributed by atoms with Crippen molar-refractivity contribution in [3.63, 3.8) is 0 Å². The van der Waals surface area contributed by atoms with Crippen molar-refractivity contribution in [1.29, 1.82) is 0 Å². The number of sulfonamides is 1. The standard InChI is InChI=1S/C44H57N5O9S/c1-7-28-24-44(28,40(53)47-59(55,56)31-19-20-31)46-37(50)34-22-30-25-48(34)38(51)36(42(2,3)4)45-41(54)57-26-43(5,6)21-12-11-14-27-15-13-18-33-32(27)23-35(39(52)58-30)49(33)29-16-9-8-10-17-29/h8-10,13,15-18,23,28,30-31,34,36H,7,11-12,14,19-22,24-26H2,1-6H3,(H,45,54)(H,46,50)(H,47,53)/t28-,30+,34-,36+,44-/m0/s1. The lowest BCUT2D eigenvalue weighted by Crippen LogP contribution is -2.60. The molecule has 318 valence electrons. The van der Waals surface area contributed by atoms with E-state index in [-0.39, 0.29) is 43.0 Å². The number of aromatic nitrogens is 1. The number of carbonyl (C=O) groups excluding carboxylic acids is 5. The average molecular weight is 832 g/mol. The molecule has 3 aromatic rings. The smallest absolute Gasteiger partial charge is 0.407 e. The van der Waals surface area contributed by atoms with E-state index < -0.39 is 74.2 Å². The van der Waals surface area contributed by atoms with Gasteiger partial charge in [0, 0.05) is 17.5 Å². The van der Waals surface area contributed by atoms with Gasteiger partial charge >= 0.3 is 12.1 Å². The quantitative estimate of drug-likeness (QED) is 0.258. The third kappa shape index (κ3) is 8.85. The van der Waals surface area contributed by atoms with Crippen LogP contribution in [0.5, 0.6) is 0 Å². The van der Waals surface area contributed by atoms with Crippen LogP contribution in [0.2, 0.25) is 0 Å². The van der Waals surface area contributed by atoms with E-state index in [4.69, 9.17) is 9.47 Å². The number of rotatable bonds is 7. The Kier molecular flexibility index (Phi) is 11.4. The van der Waals surface area contributed by atoms with E-state index in [1.165, 1.54) is 4.90 Å². The largest absolute Gasteiger partial charge is 0.456 e. The van der Waals surface area contributed by atoms with Gasteiger partial charge in [-0.05, 0) is 85.1 Å². The van der Waals surface area contributed by atoms with E-state index >= 15 is 0 Å². The molecule has 14 nitrogen and oxygen atoms in total. The molecule has 5 atom stereocenters. The van der Waals surface area contributed by atoms with E-state index in [1.807, 2.05) is 73.9 Å². The van der Waals surface area contributed by atoms with Crippen molar-refractivity contribution in [3.8, 4) is 5.69 Å². The predicted molar refractivity (Wildman–Crippen MR) is 221 cm³/mol. The lowest BCUT2D eigenvalue weighted by molar-refractivity contribution is -0.143. The van der Waals surface area contributed by atoms with Gasteiger partial charge in [0.1, 0.15) is 29.4 Å². The molecule has 2 aromatic carbocycles. The van der Waals surface area contributed by atoms with Gasteiger partial charge in [0.2, 0.25) is 21.8 Å². The van der Waals surface area contributed by atoms with E-state index in [0.29, 0.717) is 19.3 Å². The number of hydrogen-bond donors (Lipinski definition) is 3. The second-order valence-electron chi connectivity index (χ2n) is 18.7. The highest BCUT2D eigenvalue weighted by Crippen LogP contribution is 2.47. The van der Waals surface area contributed by atoms with Crippen LogP contribution in [-0.2, 0) is 40.3 Å². The zero-order chi connectivity index (χ0) is 42.5. The molecule has 3 fully saturated rings. The second kappa shape index (κ2) is 15.9. The lowest BCUT2D eigenvalue weighted by Gasteiger charge is -2.35. The van der Waals surface area contributed by atoms with Crippen LogP contribution in [0.4, 0.5) is 4.79 Å². The summed E-state index contributed by atoms with van der Waals surface area (Å²) in [6.07, 6.45) is 3.07. The molecule has 2 saturated carbocycles. The Hall–Kier alpha value is -4.92. The number of amides is 4. The number of aryl methyl sites for hydroxylation is 1. The predicted octanol–water partition coefficient (Wildman–Crippen LogP) is 5.54. The summed E-state index contributed by atoms with van der Waals surface area (Å²) in [5.74, 6) is -3.06. The summed E-state index contributed by atoms with van der Waals surface area (Å²) >= 11 is 0. The Morgan fingerprint density at radius 1 is 1.00 bits per heavy atom. The van der Waals surface area contributed by atoms with E-state index in [0.717, 1.165) is 47.8 Å². The number of esters is 1. The molecule has 4 bridgehead atoms. The highest BCUT2D eigenvalue weighted by molar-refractivity contribution is 7.91. The average Bonchev–Trinajstić information content (AvgIpc) is 4.08. The number of cyclic esters (lactones) is 1. The Bertz CT molecular complexity index is 2240. The number of alkyl carbamates (subject to hydrolysis) is 1. The molecule has 4 amide bonds. The summed E-state index contributed by atoms with van der Waals surface area (Å²) < 4.78 is 41.6. The van der Waals surface area contributed by atoms with Crippen molar-refractivity contribution in [3.05, 3.63) is 65.9 Å². The second-order valence-corrected chi connectivity index (χ2v) is 20.6. The minimum Gasteiger partial charge on any atom is -0.456 e. The van der Waals surface area contributed by atoms with E-state index in [9.17, 15) is 32.4 Å². The number of ether oxygens (including phenoxy) is 2. The molecular weight excluding hydrogens is 775 g/mol. The summed E-state index contributed by atoms with van der Waals surface area (Å²) in [7, 11) is -3.91. The maximum atomic E-state index is 14.7. The van der Waals surface area contributed by atoms with Crippen LogP contribution in [0, 0.1) is 16.7 Å². The normalized spacial score (nSPS) is 26.7. The van der Waals surface area contributed by atoms with Crippen LogP contribution in [0.25, 0.3) is 16.6 Å². The molecule has 0 radical (unpaired) electrons. The molecule has 3 N–H and O–H groups in total. The third-order valence-corrected chi connectivity index (χ3v) is 14.2. The molecule has 0 unspecified atom stereocenters. The fourth-order valence-corrected chi connectivity index (χ4v) is 9.99. The van der Waals surface area contributed by atoms with Crippen molar-refractivity contribution in [2.75, 3.05) is 13.2 Å². The van der Waals surface area contributed by atoms with Gasteiger partial charge in [0.25, 0.3) is 5.91 Å². The first-order valence-corrected chi connectivity index (χ1v) is 22.4. The molecule has 15 heteroatoms. The van der Waals surface area contributed by atoms with Crippen molar-refractivity contribution in [2.45, 2.75) is 128 Å². The summed E-state index contributed by atoms with van der Waals surface area (Å²) in [4.78, 5) is 72.0. The zero-order valence-corrected chi connectivity index (χ0v) is 35.7. The Balaban J connectivity index is 1.25. The first-order chi connectivity index (χ1) is 27.8. The Labute approximate surface area is 346 Å². The van der Waals surface area contributed by atoms with Crippen LogP contribution in [0.1, 0.15) is 109 Å². The van der Waals surface area contributed by atoms with Gasteiger partial charge in [-0.3, -0.25) is 19.1 Å². The number of benzene rings is 2. The third-order valence-electron chi connectivity index (χ3n) is 12.3. The van der Waals surface area contributed by atoms with Gasteiger partial charge in [0.15, 0.2) is 0 Å². The highest BCUT2D eigenvalue weighted by atomic mass is 32.2. The maximum Gasteiger partial charge on any atom is 0.407 e. The van der Waals surface area contributed by atoms with Gasteiger partial charge < -0.3 is 29.6 Å². The van der Waals surface area contributed by atoms with Gasteiger partial charge in [-0.25, -0.2) is 18.0 Å². The number of carbonyl (C=O) groups is 5. The molecule has 7 rings (SSSR count). The van der Waals surface area contributed by atoms with Gasteiger partial charge in [-0.1, -0.05) is 84.7 Å². The fraction of sp³-hybridized carbons (Fsp3) is 0.568. The van der Waals surface area contributed by atoms with Crippen molar-refractivity contribution in [1.82, 2.24) is 24.8 Å². The first kappa shape index (κ1) is 42.2. The van der Waals surface area contributed by atoms with E-state index in [1.54, 1.807) is 20.8 Å². The minimum absolute atomic E-state index is 0.107. The zero-order valence-electron chi connectivity index (χ0n) is 34.8. The number of nitrogens with zero attached hydrogens (tertiary/aromatic N) is 2. The number of nitrogens with one attached hydrogen (secondary N) is 3. The lowest BCUT2D eigenvalue weighted by atomic mass is 9.85. The van der Waals surface area contributed by atoms with Crippen molar-refractivity contribution >= 4 is 50.7 Å². The van der Waals surface area contributed by atoms with Crippen LogP contribution >= 0.6 is 0 Å². The molecule has 2 aliphatic carbocycles. The number of hydrogen-bond acceptors (Lipinski definition) is 9. The molecule has 4 aliphatic rings. The Morgan fingerprint density at radius 2 is 1.73 bits per heavy atom. The molecule has 1 aromatic heterocycles. The summed E-state index contributed by atoms with van der Waals surface area (Å²) in [6, 6.07) is 15.0. The molecule has 59 heavy (non-hydrogen) atoms. The number of para-hydroxylation sites is 1. The maximum absolute atomic E-state index is 14.7. The topological polar surface area (TPSA) is 182 Å². The highest BCUT2D eigenvalue weighted by Gasteiger charge is 2.62. The fourth-order valence-electron chi connectivity index (χ4n) is 8.62. The van der Waals surface area contributed by atoms with E-state index in [2.05, 4.69) is 21.4 Å². The van der Waals surface area contributed by atoms with Crippen molar-refractivity contribution < 1.29 is 41.9 Å². The minimum atomic E-state index is -3.91. The monoisotopic (exact) mass is 831 g/mol. The Morgan fingerprint density at radius 3 is 2.39 bits per heavy atom. The van der Waals surface area contributed by atoms with Crippen LogP contribution < -0.4 is 15.4 Å². The molecule has 3 heterocycles. The first-order valence-electron chi connectivity index (χ1n) is 20.8. The van der Waals surface area contributed by atoms with Gasteiger partial charge in [0.05, 0.1) is 23.9 Å². The van der Waals surface area contributed by atoms with Crippen LogP contribution in [-0.4, -0.2) is 89.8 Å². The SMILES string of the molecule is CC[C@H]1C[C@@]1(NC(=O)[C@@H]1C[C@@H]2CN1C(=O)[C@H](C(C)(C)C)NC(=O)OCC(C)(C)CCCCc1cccc3c1cc(n3-c1ccccc1)C(=O)O2)C(=O)NS(=O)(=O)C1CC1. The van der Waals surface area contributed by atoms with Crippen molar-refractivity contribution in [2.24, 2.45) is 16.7 Å². The molecule has 2 aliphatic heterocycles. The summed E-state index contributed by atoms with van der Waals surface area (Å²) in [6.45, 7) is 11.2. The molecular formula is C44H57N5O9S. The van der Waals surface area contributed by atoms with Crippen LogP contribution in [0.15, 0.2) is 54.6 Å². The molecule has 0 spiro atoms. The summed E-state index contributed by atoms with van der Waals surface area (Å²) in [5, 5.41) is 5.88. The van der Waals surface area contributed by atoms with Gasteiger partial charge in [-0.2, -0.15) is 0 Å². The van der Waals surface area contributed by atoms with Gasteiger partial charge in [-0.15, -0.1) is 0 Å².